The summed E-state index contributed by atoms with van der Waals surface area (Å²) in [6.07, 6.45) is 0.881. The largest absolute Gasteiger partial charge is 0.355 e. The summed E-state index contributed by atoms with van der Waals surface area (Å²) in [5.41, 5.74) is 2.40. The van der Waals surface area contributed by atoms with Crippen molar-refractivity contribution in [2.45, 2.75) is 33.1 Å². The average molecular weight is 291 g/mol. The second-order valence-corrected chi connectivity index (χ2v) is 5.23. The van der Waals surface area contributed by atoms with Crippen molar-refractivity contribution in [3.63, 3.8) is 0 Å². The highest BCUT2D eigenvalue weighted by atomic mass is 16.2. The van der Waals surface area contributed by atoms with E-state index in [1.807, 2.05) is 26.0 Å². The molecule has 0 fully saturated rings. The molecule has 1 aromatic rings. The zero-order valence-corrected chi connectivity index (χ0v) is 13.0. The summed E-state index contributed by atoms with van der Waals surface area (Å²) in [6.45, 7) is 7.25. The number of rotatable bonds is 7. The van der Waals surface area contributed by atoms with Crippen molar-refractivity contribution in [2.24, 2.45) is 0 Å². The highest BCUT2D eigenvalue weighted by Crippen LogP contribution is 2.15. The Hall–Kier alpha value is -2.04. The number of hydrogen-bond donors (Lipinski definition) is 3. The zero-order chi connectivity index (χ0) is 15.7. The molecule has 0 spiro atoms. The van der Waals surface area contributed by atoms with Gasteiger partial charge in [-0.05, 0) is 24.8 Å². The number of benzene rings is 1. The van der Waals surface area contributed by atoms with Gasteiger partial charge in [0.25, 0.3) is 0 Å². The van der Waals surface area contributed by atoms with Crippen LogP contribution in [-0.4, -0.2) is 31.6 Å². The summed E-state index contributed by atoms with van der Waals surface area (Å²) in [5, 5.41) is 8.03. The molecule has 0 aliphatic rings. The van der Waals surface area contributed by atoms with Crippen LogP contribution in [0.2, 0.25) is 0 Å². The van der Waals surface area contributed by atoms with Gasteiger partial charge in [-0.1, -0.05) is 43.7 Å². The van der Waals surface area contributed by atoms with Crippen molar-refractivity contribution < 1.29 is 9.59 Å². The zero-order valence-electron chi connectivity index (χ0n) is 13.0. The first-order chi connectivity index (χ1) is 10.0. The highest BCUT2D eigenvalue weighted by molar-refractivity contribution is 5.83. The molecule has 1 rings (SSSR count). The fourth-order valence-electron chi connectivity index (χ4n) is 1.89. The smallest absolute Gasteiger partial charge is 0.315 e. The SMILES string of the molecule is CCCNC(=O)CNC(=O)NCC(C)c1cccc(C)c1. The van der Waals surface area contributed by atoms with Gasteiger partial charge in [0.15, 0.2) is 0 Å². The molecule has 21 heavy (non-hydrogen) atoms. The Balaban J connectivity index is 2.28. The fourth-order valence-corrected chi connectivity index (χ4v) is 1.89. The quantitative estimate of drug-likeness (QED) is 0.718. The van der Waals surface area contributed by atoms with Crippen LogP contribution in [0.25, 0.3) is 0 Å². The molecule has 0 aromatic heterocycles. The van der Waals surface area contributed by atoms with Crippen LogP contribution in [0.15, 0.2) is 24.3 Å². The third-order valence-corrected chi connectivity index (χ3v) is 3.16. The van der Waals surface area contributed by atoms with Gasteiger partial charge in [-0.15, -0.1) is 0 Å². The standard InChI is InChI=1S/C16H25N3O2/c1-4-8-17-15(20)11-19-16(21)18-10-13(3)14-7-5-6-12(2)9-14/h5-7,9,13H,4,8,10-11H2,1-3H3,(H,17,20)(H2,18,19,21). The predicted molar refractivity (Wildman–Crippen MR) is 84.3 cm³/mol. The molecule has 0 aliphatic heterocycles. The first kappa shape index (κ1) is 17.0. The Kier molecular flexibility index (Phi) is 7.29. The number of carbonyl (C=O) groups excluding carboxylic acids is 2. The van der Waals surface area contributed by atoms with Crippen molar-refractivity contribution >= 4 is 11.9 Å². The molecule has 1 atom stereocenters. The first-order valence-electron chi connectivity index (χ1n) is 7.38. The van der Waals surface area contributed by atoms with Crippen molar-refractivity contribution in [3.05, 3.63) is 35.4 Å². The summed E-state index contributed by atoms with van der Waals surface area (Å²) >= 11 is 0. The molecule has 0 radical (unpaired) electrons. The summed E-state index contributed by atoms with van der Waals surface area (Å²) in [4.78, 5) is 23.0. The molecular formula is C16H25N3O2. The Morgan fingerprint density at radius 3 is 2.62 bits per heavy atom. The number of nitrogens with one attached hydrogen (secondary N) is 3. The van der Waals surface area contributed by atoms with Crippen LogP contribution in [0, 0.1) is 6.92 Å². The van der Waals surface area contributed by atoms with E-state index < -0.39 is 0 Å². The third kappa shape index (κ3) is 6.79. The van der Waals surface area contributed by atoms with Gasteiger partial charge in [-0.25, -0.2) is 4.79 Å². The summed E-state index contributed by atoms with van der Waals surface area (Å²) < 4.78 is 0. The molecule has 5 heteroatoms. The van der Waals surface area contributed by atoms with Crippen molar-refractivity contribution in [2.75, 3.05) is 19.6 Å². The van der Waals surface area contributed by atoms with Crippen molar-refractivity contribution in [3.8, 4) is 0 Å². The molecule has 3 amide bonds. The molecule has 0 aliphatic carbocycles. The van der Waals surface area contributed by atoms with Crippen molar-refractivity contribution in [1.29, 1.82) is 0 Å². The summed E-state index contributed by atoms with van der Waals surface area (Å²) in [6, 6.07) is 7.91. The van der Waals surface area contributed by atoms with Gasteiger partial charge in [0.1, 0.15) is 0 Å². The van der Waals surface area contributed by atoms with Gasteiger partial charge in [0, 0.05) is 13.1 Å². The van der Waals surface area contributed by atoms with E-state index in [4.69, 9.17) is 0 Å². The van der Waals surface area contributed by atoms with E-state index in [2.05, 4.69) is 35.0 Å². The minimum absolute atomic E-state index is 0.00462. The minimum atomic E-state index is -0.318. The summed E-state index contributed by atoms with van der Waals surface area (Å²) in [5.74, 6) is 0.0586. The number of amides is 3. The van der Waals surface area contributed by atoms with E-state index in [0.29, 0.717) is 13.1 Å². The first-order valence-corrected chi connectivity index (χ1v) is 7.38. The lowest BCUT2D eigenvalue weighted by Gasteiger charge is -2.14. The van der Waals surface area contributed by atoms with Crippen LogP contribution in [-0.2, 0) is 4.79 Å². The Morgan fingerprint density at radius 2 is 1.95 bits per heavy atom. The van der Waals surface area contributed by atoms with Crippen LogP contribution in [0.4, 0.5) is 4.79 Å². The molecule has 0 bridgehead atoms. The second kappa shape index (κ2) is 9.00. The lowest BCUT2D eigenvalue weighted by Crippen LogP contribution is -2.43. The normalized spacial score (nSPS) is 11.6. The molecular weight excluding hydrogens is 266 g/mol. The fraction of sp³-hybridized carbons (Fsp3) is 0.500. The van der Waals surface area contributed by atoms with Crippen LogP contribution in [0.5, 0.6) is 0 Å². The van der Waals surface area contributed by atoms with E-state index in [1.165, 1.54) is 11.1 Å². The molecule has 1 unspecified atom stereocenters. The maximum Gasteiger partial charge on any atom is 0.315 e. The Bertz CT molecular complexity index is 474. The number of urea groups is 1. The average Bonchev–Trinajstić information content (AvgIpc) is 2.48. The second-order valence-electron chi connectivity index (χ2n) is 5.23. The number of carbonyl (C=O) groups is 2. The van der Waals surface area contributed by atoms with Crippen LogP contribution in [0.1, 0.15) is 37.3 Å². The lowest BCUT2D eigenvalue weighted by molar-refractivity contribution is -0.120. The predicted octanol–water partition coefficient (Wildman–Crippen LogP) is 1.92. The van der Waals surface area contributed by atoms with E-state index in [0.717, 1.165) is 6.42 Å². The Morgan fingerprint density at radius 1 is 1.19 bits per heavy atom. The van der Waals surface area contributed by atoms with Gasteiger partial charge >= 0.3 is 6.03 Å². The molecule has 1 aromatic carbocycles. The minimum Gasteiger partial charge on any atom is -0.355 e. The van der Waals surface area contributed by atoms with Crippen molar-refractivity contribution in [1.82, 2.24) is 16.0 Å². The highest BCUT2D eigenvalue weighted by Gasteiger charge is 2.08. The van der Waals surface area contributed by atoms with Gasteiger partial charge in [0.05, 0.1) is 6.54 Å². The maximum atomic E-state index is 11.6. The van der Waals surface area contributed by atoms with E-state index in [9.17, 15) is 9.59 Å². The molecule has 0 saturated heterocycles. The van der Waals surface area contributed by atoms with E-state index in [-0.39, 0.29) is 24.4 Å². The van der Waals surface area contributed by atoms with Gasteiger partial charge in [0.2, 0.25) is 5.91 Å². The monoisotopic (exact) mass is 291 g/mol. The lowest BCUT2D eigenvalue weighted by atomic mass is 9.99. The van der Waals surface area contributed by atoms with Crippen LogP contribution in [0.3, 0.4) is 0 Å². The van der Waals surface area contributed by atoms with Crippen LogP contribution >= 0.6 is 0 Å². The number of aryl methyl sites for hydroxylation is 1. The molecule has 0 saturated carbocycles. The molecule has 3 N–H and O–H groups in total. The van der Waals surface area contributed by atoms with E-state index >= 15 is 0 Å². The molecule has 0 heterocycles. The van der Waals surface area contributed by atoms with Gasteiger partial charge in [-0.3, -0.25) is 4.79 Å². The number of hydrogen-bond acceptors (Lipinski definition) is 2. The van der Waals surface area contributed by atoms with Gasteiger partial charge < -0.3 is 16.0 Å². The third-order valence-electron chi connectivity index (χ3n) is 3.16. The Labute approximate surface area is 126 Å². The molecule has 5 nitrogen and oxygen atoms in total. The topological polar surface area (TPSA) is 70.2 Å². The summed E-state index contributed by atoms with van der Waals surface area (Å²) in [7, 11) is 0. The maximum absolute atomic E-state index is 11.6. The molecule has 116 valence electrons. The van der Waals surface area contributed by atoms with E-state index in [1.54, 1.807) is 0 Å². The van der Waals surface area contributed by atoms with Gasteiger partial charge in [-0.2, -0.15) is 0 Å². The van der Waals surface area contributed by atoms with Crippen LogP contribution < -0.4 is 16.0 Å².